The number of ether oxygens (including phenoxy) is 1. The Morgan fingerprint density at radius 2 is 1.95 bits per heavy atom. The van der Waals surface area contributed by atoms with Crippen LogP contribution < -0.4 is 15.8 Å². The number of hydrogen-bond acceptors (Lipinski definition) is 3. The van der Waals surface area contributed by atoms with Crippen molar-refractivity contribution in [2.45, 2.75) is 13.0 Å². The summed E-state index contributed by atoms with van der Waals surface area (Å²) in [5, 5.41) is 2.94. The quantitative estimate of drug-likeness (QED) is 0.840. The molecule has 0 radical (unpaired) electrons. The van der Waals surface area contributed by atoms with Crippen LogP contribution in [0.3, 0.4) is 0 Å². The molecule has 2 aromatic carbocycles. The number of rotatable bonds is 4. The first-order valence-corrected chi connectivity index (χ1v) is 6.40. The van der Waals surface area contributed by atoms with Crippen molar-refractivity contribution in [3.8, 4) is 5.75 Å². The van der Waals surface area contributed by atoms with Crippen LogP contribution in [0.25, 0.3) is 0 Å². The number of benzene rings is 2. The van der Waals surface area contributed by atoms with E-state index in [-0.39, 0.29) is 11.9 Å². The molecule has 0 aromatic heterocycles. The van der Waals surface area contributed by atoms with Crippen LogP contribution in [0, 0.1) is 0 Å². The van der Waals surface area contributed by atoms with Crippen molar-refractivity contribution in [1.82, 2.24) is 5.32 Å². The third-order valence-corrected chi connectivity index (χ3v) is 3.09. The largest absolute Gasteiger partial charge is 0.497 e. The van der Waals surface area contributed by atoms with Gasteiger partial charge in [-0.05, 0) is 42.8 Å². The fraction of sp³-hybridized carbons (Fsp3) is 0.188. The molecule has 0 fully saturated rings. The lowest BCUT2D eigenvalue weighted by Crippen LogP contribution is -2.26. The number of carbonyl (C=O) groups is 1. The van der Waals surface area contributed by atoms with Gasteiger partial charge in [0.25, 0.3) is 5.91 Å². The van der Waals surface area contributed by atoms with Crippen molar-refractivity contribution in [2.75, 3.05) is 12.8 Å². The lowest BCUT2D eigenvalue weighted by atomic mass is 10.1. The van der Waals surface area contributed by atoms with Crippen molar-refractivity contribution in [1.29, 1.82) is 0 Å². The summed E-state index contributed by atoms with van der Waals surface area (Å²) < 4.78 is 5.18. The van der Waals surface area contributed by atoms with E-state index in [2.05, 4.69) is 5.32 Å². The van der Waals surface area contributed by atoms with Gasteiger partial charge in [-0.2, -0.15) is 0 Å². The minimum Gasteiger partial charge on any atom is -0.497 e. The normalized spacial score (nSPS) is 11.7. The maximum atomic E-state index is 12.1. The predicted octanol–water partition coefficient (Wildman–Crippen LogP) is 2.77. The molecule has 2 rings (SSSR count). The van der Waals surface area contributed by atoms with Crippen molar-refractivity contribution in [3.05, 3.63) is 59.7 Å². The van der Waals surface area contributed by atoms with Crippen molar-refractivity contribution >= 4 is 11.6 Å². The van der Waals surface area contributed by atoms with Gasteiger partial charge in [-0.1, -0.05) is 18.2 Å². The summed E-state index contributed by atoms with van der Waals surface area (Å²) >= 11 is 0. The molecule has 20 heavy (non-hydrogen) atoms. The number of nitrogens with two attached hydrogens (primary N) is 1. The zero-order chi connectivity index (χ0) is 14.5. The van der Waals surface area contributed by atoms with Crippen LogP contribution in [0.2, 0.25) is 0 Å². The minimum atomic E-state index is -0.146. The molecule has 0 saturated heterocycles. The SMILES string of the molecule is COc1cccc([C@H](C)NC(=O)c2cccc(N)c2)c1. The summed E-state index contributed by atoms with van der Waals surface area (Å²) in [6.07, 6.45) is 0. The monoisotopic (exact) mass is 270 g/mol. The average Bonchev–Trinajstić information content (AvgIpc) is 2.47. The topological polar surface area (TPSA) is 64.3 Å². The Bertz CT molecular complexity index is 611. The van der Waals surface area contributed by atoms with E-state index in [0.29, 0.717) is 11.3 Å². The van der Waals surface area contributed by atoms with Gasteiger partial charge in [0.05, 0.1) is 13.2 Å². The second-order valence-electron chi connectivity index (χ2n) is 4.60. The number of hydrogen-bond donors (Lipinski definition) is 2. The summed E-state index contributed by atoms with van der Waals surface area (Å²) in [4.78, 5) is 12.1. The molecule has 0 unspecified atom stereocenters. The first-order valence-electron chi connectivity index (χ1n) is 6.40. The van der Waals surface area contributed by atoms with Crippen LogP contribution in [-0.2, 0) is 0 Å². The Morgan fingerprint density at radius 3 is 2.65 bits per heavy atom. The first kappa shape index (κ1) is 13.9. The molecule has 1 amide bonds. The zero-order valence-corrected chi connectivity index (χ0v) is 11.6. The van der Waals surface area contributed by atoms with Crippen LogP contribution in [0.1, 0.15) is 28.9 Å². The number of carbonyl (C=O) groups excluding carboxylic acids is 1. The molecular formula is C16H18N2O2. The molecule has 3 N–H and O–H groups in total. The van der Waals surface area contributed by atoms with Crippen LogP contribution in [0.15, 0.2) is 48.5 Å². The van der Waals surface area contributed by atoms with Crippen molar-refractivity contribution in [3.63, 3.8) is 0 Å². The second kappa shape index (κ2) is 6.10. The number of nitrogens with one attached hydrogen (secondary N) is 1. The molecule has 0 bridgehead atoms. The van der Waals surface area contributed by atoms with E-state index < -0.39 is 0 Å². The molecule has 0 heterocycles. The van der Waals surface area contributed by atoms with Gasteiger partial charge in [0, 0.05) is 11.3 Å². The van der Waals surface area contributed by atoms with Gasteiger partial charge in [0.15, 0.2) is 0 Å². The summed E-state index contributed by atoms with van der Waals surface area (Å²) in [7, 11) is 1.62. The summed E-state index contributed by atoms with van der Waals surface area (Å²) in [5.41, 5.74) is 7.80. The Hall–Kier alpha value is -2.49. The molecule has 104 valence electrons. The molecule has 4 nitrogen and oxygen atoms in total. The minimum absolute atomic E-state index is 0.112. The Balaban J connectivity index is 2.10. The van der Waals surface area contributed by atoms with E-state index in [1.165, 1.54) is 0 Å². The molecule has 0 aliphatic carbocycles. The van der Waals surface area contributed by atoms with Gasteiger partial charge in [-0.3, -0.25) is 4.79 Å². The number of amides is 1. The molecular weight excluding hydrogens is 252 g/mol. The molecule has 4 heteroatoms. The van der Waals surface area contributed by atoms with Gasteiger partial charge in [0.2, 0.25) is 0 Å². The van der Waals surface area contributed by atoms with Gasteiger partial charge in [-0.15, -0.1) is 0 Å². The van der Waals surface area contributed by atoms with E-state index in [4.69, 9.17) is 10.5 Å². The molecule has 0 saturated carbocycles. The first-order chi connectivity index (χ1) is 9.60. The number of anilines is 1. The van der Waals surface area contributed by atoms with E-state index >= 15 is 0 Å². The predicted molar refractivity (Wildman–Crippen MR) is 79.7 cm³/mol. The highest BCUT2D eigenvalue weighted by atomic mass is 16.5. The lowest BCUT2D eigenvalue weighted by molar-refractivity contribution is 0.0940. The highest BCUT2D eigenvalue weighted by molar-refractivity contribution is 5.95. The Kier molecular flexibility index (Phi) is 4.25. The fourth-order valence-electron chi connectivity index (χ4n) is 1.95. The number of methoxy groups -OCH3 is 1. The van der Waals surface area contributed by atoms with Gasteiger partial charge in [0.1, 0.15) is 5.75 Å². The van der Waals surface area contributed by atoms with E-state index in [0.717, 1.165) is 11.3 Å². The van der Waals surface area contributed by atoms with Crippen molar-refractivity contribution < 1.29 is 9.53 Å². The fourth-order valence-corrected chi connectivity index (χ4v) is 1.95. The third-order valence-electron chi connectivity index (χ3n) is 3.09. The molecule has 0 aliphatic rings. The molecule has 0 aliphatic heterocycles. The smallest absolute Gasteiger partial charge is 0.251 e. The highest BCUT2D eigenvalue weighted by Gasteiger charge is 2.12. The van der Waals surface area contributed by atoms with E-state index in [1.54, 1.807) is 31.4 Å². The maximum absolute atomic E-state index is 12.1. The van der Waals surface area contributed by atoms with E-state index in [9.17, 15) is 4.79 Å². The van der Waals surface area contributed by atoms with Crippen molar-refractivity contribution in [2.24, 2.45) is 0 Å². The third kappa shape index (κ3) is 3.29. The van der Waals surface area contributed by atoms with Crippen LogP contribution in [0.5, 0.6) is 5.75 Å². The van der Waals surface area contributed by atoms with Crippen LogP contribution >= 0.6 is 0 Å². The maximum Gasteiger partial charge on any atom is 0.251 e. The number of nitrogen functional groups attached to an aromatic ring is 1. The summed E-state index contributed by atoms with van der Waals surface area (Å²) in [6.45, 7) is 1.93. The highest BCUT2D eigenvalue weighted by Crippen LogP contribution is 2.19. The Labute approximate surface area is 118 Å². The van der Waals surface area contributed by atoms with Gasteiger partial charge in [-0.25, -0.2) is 0 Å². The summed E-state index contributed by atoms with van der Waals surface area (Å²) in [5.74, 6) is 0.625. The zero-order valence-electron chi connectivity index (χ0n) is 11.6. The van der Waals surface area contributed by atoms with E-state index in [1.807, 2.05) is 31.2 Å². The summed E-state index contributed by atoms with van der Waals surface area (Å²) in [6, 6.07) is 14.4. The van der Waals surface area contributed by atoms with Gasteiger partial charge < -0.3 is 15.8 Å². The van der Waals surface area contributed by atoms with Crippen LogP contribution in [0.4, 0.5) is 5.69 Å². The lowest BCUT2D eigenvalue weighted by Gasteiger charge is -2.15. The average molecular weight is 270 g/mol. The Morgan fingerprint density at radius 1 is 1.20 bits per heavy atom. The molecule has 1 atom stereocenters. The molecule has 2 aromatic rings. The second-order valence-corrected chi connectivity index (χ2v) is 4.60. The van der Waals surface area contributed by atoms with Crippen LogP contribution in [-0.4, -0.2) is 13.0 Å². The molecule has 0 spiro atoms. The standard InChI is InChI=1S/C16H18N2O2/c1-11(12-5-4-8-15(10-12)20-2)18-16(19)13-6-3-7-14(17)9-13/h3-11H,17H2,1-2H3,(H,18,19)/t11-/m0/s1. The van der Waals surface area contributed by atoms with Gasteiger partial charge >= 0.3 is 0 Å².